The zero-order valence-corrected chi connectivity index (χ0v) is 12.8. The summed E-state index contributed by atoms with van der Waals surface area (Å²) in [4.78, 5) is 24.5. The van der Waals surface area contributed by atoms with Crippen LogP contribution in [0.15, 0.2) is 24.3 Å². The number of hydrogen-bond donors (Lipinski definition) is 1. The van der Waals surface area contributed by atoms with E-state index in [2.05, 4.69) is 0 Å². The molecule has 1 N–H and O–H groups in total. The summed E-state index contributed by atoms with van der Waals surface area (Å²) in [5.41, 5.74) is 1.12. The highest BCUT2D eigenvalue weighted by Crippen LogP contribution is 2.12. The summed E-state index contributed by atoms with van der Waals surface area (Å²) in [6.45, 7) is 5.98. The molecule has 1 atom stereocenters. The third kappa shape index (κ3) is 5.85. The van der Waals surface area contributed by atoms with Gasteiger partial charge in [0.15, 0.2) is 6.61 Å². The van der Waals surface area contributed by atoms with E-state index < -0.39 is 5.97 Å². The predicted molar refractivity (Wildman–Crippen MR) is 80.4 cm³/mol. The maximum Gasteiger partial charge on any atom is 0.305 e. The third-order valence-electron chi connectivity index (χ3n) is 3.39. The van der Waals surface area contributed by atoms with Gasteiger partial charge in [-0.2, -0.15) is 0 Å². The van der Waals surface area contributed by atoms with Gasteiger partial charge in [-0.15, -0.1) is 0 Å². The fourth-order valence-corrected chi connectivity index (χ4v) is 1.89. The van der Waals surface area contributed by atoms with Gasteiger partial charge in [0.1, 0.15) is 5.75 Å². The van der Waals surface area contributed by atoms with E-state index in [0.29, 0.717) is 5.75 Å². The summed E-state index contributed by atoms with van der Waals surface area (Å²) < 4.78 is 5.47. The summed E-state index contributed by atoms with van der Waals surface area (Å²) in [5.74, 6) is -0.460. The van der Waals surface area contributed by atoms with Crippen LogP contribution in [0.1, 0.15) is 32.3 Å². The van der Waals surface area contributed by atoms with Crippen molar-refractivity contribution in [3.63, 3.8) is 0 Å². The highest BCUT2D eigenvalue weighted by molar-refractivity contribution is 5.78. The van der Waals surface area contributed by atoms with Gasteiger partial charge in [0.25, 0.3) is 5.91 Å². The molecule has 0 aliphatic rings. The van der Waals surface area contributed by atoms with Crippen molar-refractivity contribution in [2.45, 2.75) is 39.7 Å². The number of aliphatic carboxylic acids is 1. The van der Waals surface area contributed by atoms with Crippen LogP contribution < -0.4 is 4.74 Å². The second-order valence-electron chi connectivity index (χ2n) is 5.09. The van der Waals surface area contributed by atoms with Crippen molar-refractivity contribution < 1.29 is 19.4 Å². The number of carbonyl (C=O) groups excluding carboxylic acids is 1. The summed E-state index contributed by atoms with van der Waals surface area (Å²) in [5, 5.41) is 8.76. The van der Waals surface area contributed by atoms with Gasteiger partial charge in [0.05, 0.1) is 6.42 Å². The molecule has 0 aliphatic carbocycles. The van der Waals surface area contributed by atoms with Crippen molar-refractivity contribution in [2.24, 2.45) is 0 Å². The minimum Gasteiger partial charge on any atom is -0.484 e. The highest BCUT2D eigenvalue weighted by Gasteiger charge is 2.20. The topological polar surface area (TPSA) is 66.8 Å². The molecule has 5 nitrogen and oxygen atoms in total. The molecule has 21 heavy (non-hydrogen) atoms. The first-order chi connectivity index (χ1) is 9.93. The number of aryl methyl sites for hydroxylation is 1. The largest absolute Gasteiger partial charge is 0.484 e. The first kappa shape index (κ1) is 17.0. The first-order valence-corrected chi connectivity index (χ1v) is 7.14. The number of nitrogens with zero attached hydrogens (tertiary/aromatic N) is 1. The quantitative estimate of drug-likeness (QED) is 0.799. The Morgan fingerprint density at radius 1 is 1.29 bits per heavy atom. The molecule has 0 bridgehead atoms. The Morgan fingerprint density at radius 2 is 1.90 bits per heavy atom. The van der Waals surface area contributed by atoms with Gasteiger partial charge in [0, 0.05) is 12.6 Å². The van der Waals surface area contributed by atoms with E-state index in [1.165, 1.54) is 0 Å². The Kier molecular flexibility index (Phi) is 6.72. The van der Waals surface area contributed by atoms with Crippen molar-refractivity contribution in [1.82, 2.24) is 4.90 Å². The van der Waals surface area contributed by atoms with Gasteiger partial charge in [-0.3, -0.25) is 9.59 Å². The molecule has 0 spiro atoms. The summed E-state index contributed by atoms with van der Waals surface area (Å²) in [6.07, 6.45) is 0.719. The Morgan fingerprint density at radius 3 is 2.43 bits per heavy atom. The number of ether oxygens (including phenoxy) is 1. The fraction of sp³-hybridized carbons (Fsp3) is 0.500. The van der Waals surface area contributed by atoms with Gasteiger partial charge >= 0.3 is 5.97 Å². The van der Waals surface area contributed by atoms with Crippen LogP contribution in [0, 0.1) is 6.92 Å². The zero-order valence-electron chi connectivity index (χ0n) is 12.8. The molecule has 0 saturated heterocycles. The maximum absolute atomic E-state index is 12.2. The van der Waals surface area contributed by atoms with Crippen LogP contribution in [0.5, 0.6) is 5.75 Å². The molecule has 0 saturated carbocycles. The van der Waals surface area contributed by atoms with Crippen LogP contribution >= 0.6 is 0 Å². The summed E-state index contributed by atoms with van der Waals surface area (Å²) in [6, 6.07) is 7.45. The first-order valence-electron chi connectivity index (χ1n) is 7.14. The van der Waals surface area contributed by atoms with Gasteiger partial charge in [-0.1, -0.05) is 24.6 Å². The number of carbonyl (C=O) groups is 2. The smallest absolute Gasteiger partial charge is 0.305 e. The van der Waals surface area contributed by atoms with E-state index in [1.807, 2.05) is 45.0 Å². The van der Waals surface area contributed by atoms with Crippen LogP contribution in [0.4, 0.5) is 0 Å². The number of carboxylic acid groups (broad SMARTS) is 1. The molecule has 116 valence electrons. The fourth-order valence-electron chi connectivity index (χ4n) is 1.89. The Bertz CT molecular complexity index is 470. The van der Waals surface area contributed by atoms with Crippen LogP contribution in [0.2, 0.25) is 0 Å². The lowest BCUT2D eigenvalue weighted by atomic mass is 10.2. The van der Waals surface area contributed by atoms with Gasteiger partial charge in [-0.05, 0) is 32.4 Å². The van der Waals surface area contributed by atoms with Crippen molar-refractivity contribution in [3.05, 3.63) is 29.8 Å². The Labute approximate surface area is 125 Å². The lowest BCUT2D eigenvalue weighted by Gasteiger charge is -2.28. The monoisotopic (exact) mass is 293 g/mol. The Balaban J connectivity index is 2.58. The van der Waals surface area contributed by atoms with Gasteiger partial charge in [0.2, 0.25) is 0 Å². The number of carboxylic acids is 1. The molecule has 5 heteroatoms. The predicted octanol–water partition coefficient (Wildman–Crippen LogP) is 2.48. The molecule has 0 aromatic heterocycles. The molecule has 1 unspecified atom stereocenters. The molecule has 0 aliphatic heterocycles. The van der Waals surface area contributed by atoms with E-state index in [0.717, 1.165) is 12.0 Å². The minimum atomic E-state index is -0.907. The number of amides is 1. The molecular formula is C16H23NO4. The van der Waals surface area contributed by atoms with Crippen LogP contribution in [-0.4, -0.2) is 41.1 Å². The number of hydrogen-bond acceptors (Lipinski definition) is 3. The van der Waals surface area contributed by atoms with Crippen molar-refractivity contribution in [2.75, 3.05) is 13.2 Å². The lowest BCUT2D eigenvalue weighted by Crippen LogP contribution is -2.42. The summed E-state index contributed by atoms with van der Waals surface area (Å²) in [7, 11) is 0. The third-order valence-corrected chi connectivity index (χ3v) is 3.39. The molecule has 0 heterocycles. The average Bonchev–Trinajstić information content (AvgIpc) is 2.46. The molecular weight excluding hydrogens is 270 g/mol. The lowest BCUT2D eigenvalue weighted by molar-refractivity contribution is -0.140. The van der Waals surface area contributed by atoms with Gasteiger partial charge in [-0.25, -0.2) is 0 Å². The molecule has 1 aromatic rings. The van der Waals surface area contributed by atoms with E-state index in [9.17, 15) is 9.59 Å². The Hall–Kier alpha value is -2.04. The average molecular weight is 293 g/mol. The van der Waals surface area contributed by atoms with E-state index in [-0.39, 0.29) is 31.5 Å². The second-order valence-corrected chi connectivity index (χ2v) is 5.09. The molecule has 1 rings (SSSR count). The van der Waals surface area contributed by atoms with Crippen LogP contribution in [0.25, 0.3) is 0 Å². The molecule has 0 fully saturated rings. The van der Waals surface area contributed by atoms with E-state index in [4.69, 9.17) is 9.84 Å². The number of benzene rings is 1. The maximum atomic E-state index is 12.2. The van der Waals surface area contributed by atoms with Crippen LogP contribution in [0.3, 0.4) is 0 Å². The van der Waals surface area contributed by atoms with Crippen molar-refractivity contribution >= 4 is 11.9 Å². The molecule has 0 radical (unpaired) electrons. The van der Waals surface area contributed by atoms with E-state index in [1.54, 1.807) is 4.90 Å². The highest BCUT2D eigenvalue weighted by atomic mass is 16.5. The zero-order chi connectivity index (χ0) is 15.8. The summed E-state index contributed by atoms with van der Waals surface area (Å²) >= 11 is 0. The van der Waals surface area contributed by atoms with Crippen molar-refractivity contribution in [1.29, 1.82) is 0 Å². The molecule has 1 aromatic carbocycles. The second kappa shape index (κ2) is 8.29. The van der Waals surface area contributed by atoms with Gasteiger partial charge < -0.3 is 14.7 Å². The standard InChI is InChI=1S/C16H23NO4/c1-4-13(3)17(10-9-16(19)20)15(18)11-21-14-7-5-12(2)6-8-14/h5-8,13H,4,9-11H2,1-3H3,(H,19,20). The normalized spacial score (nSPS) is 11.8. The van der Waals surface area contributed by atoms with E-state index >= 15 is 0 Å². The van der Waals surface area contributed by atoms with Crippen LogP contribution in [-0.2, 0) is 9.59 Å². The van der Waals surface area contributed by atoms with Crippen molar-refractivity contribution in [3.8, 4) is 5.75 Å². The number of rotatable bonds is 8. The molecule has 1 amide bonds. The minimum absolute atomic E-state index is 0.00142. The SMILES string of the molecule is CCC(C)N(CCC(=O)O)C(=O)COc1ccc(C)cc1.